The van der Waals surface area contributed by atoms with Gasteiger partial charge in [0.25, 0.3) is 0 Å². The Labute approximate surface area is 175 Å². The zero-order valence-electron chi connectivity index (χ0n) is 15.9. The second-order valence-corrected chi connectivity index (χ2v) is 8.61. The fraction of sp³-hybridized carbons (Fsp3) is 0.200. The number of fused-ring (bicyclic) bond motifs is 3. The van der Waals surface area contributed by atoms with Crippen molar-refractivity contribution in [1.29, 1.82) is 0 Å². The molecule has 1 spiro atoms. The van der Waals surface area contributed by atoms with E-state index in [1.54, 1.807) is 0 Å². The smallest absolute Gasteiger partial charge is 0.188 e. The maximum Gasteiger partial charge on any atom is 0.188 e. The van der Waals surface area contributed by atoms with E-state index in [9.17, 15) is 0 Å². The van der Waals surface area contributed by atoms with E-state index < -0.39 is 5.72 Å². The number of rotatable bonds is 1. The van der Waals surface area contributed by atoms with Crippen molar-refractivity contribution >= 4 is 28.5 Å². The first kappa shape index (κ1) is 17.0. The average molecular weight is 401 g/mol. The minimum atomic E-state index is -0.443. The predicted octanol–water partition coefficient (Wildman–Crippen LogP) is 5.91. The van der Waals surface area contributed by atoms with Gasteiger partial charge in [0.1, 0.15) is 5.75 Å². The number of anilines is 2. The minimum absolute atomic E-state index is 0.271. The SMILES string of the molecule is Clc1ccc2c(c1)C(=CC1Cc3ccccc3N1)CC1(Cc3ccccc3N1)O2. The first-order valence-corrected chi connectivity index (χ1v) is 10.5. The highest BCUT2D eigenvalue weighted by atomic mass is 35.5. The predicted molar refractivity (Wildman–Crippen MR) is 119 cm³/mol. The van der Waals surface area contributed by atoms with Crippen LogP contribution in [0, 0.1) is 0 Å². The number of halogens is 1. The van der Waals surface area contributed by atoms with Crippen molar-refractivity contribution in [3.63, 3.8) is 0 Å². The highest BCUT2D eigenvalue weighted by Crippen LogP contribution is 2.47. The van der Waals surface area contributed by atoms with Crippen molar-refractivity contribution in [2.45, 2.75) is 31.0 Å². The largest absolute Gasteiger partial charge is 0.467 e. The molecule has 0 aromatic heterocycles. The van der Waals surface area contributed by atoms with E-state index >= 15 is 0 Å². The third-order valence-corrected chi connectivity index (χ3v) is 6.36. The molecule has 3 aromatic carbocycles. The molecule has 0 bridgehead atoms. The first-order chi connectivity index (χ1) is 14.2. The molecule has 2 atom stereocenters. The summed E-state index contributed by atoms with van der Waals surface area (Å²) in [6.45, 7) is 0. The lowest BCUT2D eigenvalue weighted by Gasteiger charge is -2.38. The molecule has 3 nitrogen and oxygen atoms in total. The van der Waals surface area contributed by atoms with Crippen LogP contribution in [0.15, 0.2) is 72.8 Å². The van der Waals surface area contributed by atoms with Gasteiger partial charge >= 0.3 is 0 Å². The van der Waals surface area contributed by atoms with E-state index in [2.05, 4.69) is 65.2 Å². The Morgan fingerprint density at radius 3 is 2.55 bits per heavy atom. The first-order valence-electron chi connectivity index (χ1n) is 10.1. The van der Waals surface area contributed by atoms with Crippen molar-refractivity contribution in [2.24, 2.45) is 0 Å². The zero-order valence-corrected chi connectivity index (χ0v) is 16.7. The molecule has 3 aliphatic rings. The molecule has 0 aliphatic carbocycles. The summed E-state index contributed by atoms with van der Waals surface area (Å²) in [5, 5.41) is 8.05. The topological polar surface area (TPSA) is 33.3 Å². The van der Waals surface area contributed by atoms with Crippen LogP contribution >= 0.6 is 11.6 Å². The maximum atomic E-state index is 6.54. The molecule has 3 aromatic rings. The highest BCUT2D eigenvalue weighted by molar-refractivity contribution is 6.30. The van der Waals surface area contributed by atoms with Gasteiger partial charge < -0.3 is 15.4 Å². The minimum Gasteiger partial charge on any atom is -0.467 e. The third-order valence-electron chi connectivity index (χ3n) is 6.13. The summed E-state index contributed by atoms with van der Waals surface area (Å²) in [5.74, 6) is 0.891. The van der Waals surface area contributed by atoms with Gasteiger partial charge in [0.15, 0.2) is 5.72 Å². The number of benzene rings is 3. The Morgan fingerprint density at radius 1 is 0.931 bits per heavy atom. The van der Waals surface area contributed by atoms with Crippen molar-refractivity contribution in [2.75, 3.05) is 10.6 Å². The molecule has 6 rings (SSSR count). The van der Waals surface area contributed by atoms with Crippen molar-refractivity contribution in [3.05, 3.63) is 94.5 Å². The van der Waals surface area contributed by atoms with Gasteiger partial charge in [-0.2, -0.15) is 0 Å². The molecule has 0 saturated heterocycles. The normalized spacial score (nSPS) is 25.0. The van der Waals surface area contributed by atoms with Crippen LogP contribution in [0.1, 0.15) is 23.1 Å². The maximum absolute atomic E-state index is 6.54. The van der Waals surface area contributed by atoms with E-state index in [0.29, 0.717) is 0 Å². The molecule has 0 fully saturated rings. The van der Waals surface area contributed by atoms with Crippen LogP contribution in [-0.4, -0.2) is 11.8 Å². The van der Waals surface area contributed by atoms with Gasteiger partial charge in [-0.15, -0.1) is 0 Å². The highest BCUT2D eigenvalue weighted by Gasteiger charge is 2.43. The summed E-state index contributed by atoms with van der Waals surface area (Å²) < 4.78 is 6.54. The van der Waals surface area contributed by atoms with Gasteiger partial charge in [0.05, 0.1) is 0 Å². The number of para-hydroxylation sites is 2. The van der Waals surface area contributed by atoms with Crippen LogP contribution in [0.25, 0.3) is 5.57 Å². The summed E-state index contributed by atoms with van der Waals surface area (Å²) in [7, 11) is 0. The number of ether oxygens (including phenoxy) is 1. The molecule has 29 heavy (non-hydrogen) atoms. The number of hydrogen-bond acceptors (Lipinski definition) is 3. The second kappa shape index (κ2) is 6.30. The van der Waals surface area contributed by atoms with Gasteiger partial charge in [-0.25, -0.2) is 0 Å². The van der Waals surface area contributed by atoms with E-state index in [4.69, 9.17) is 16.3 Å². The van der Waals surface area contributed by atoms with Crippen LogP contribution in [0.5, 0.6) is 5.75 Å². The molecule has 2 unspecified atom stereocenters. The van der Waals surface area contributed by atoms with Gasteiger partial charge in [0, 0.05) is 40.8 Å². The Kier molecular flexibility index (Phi) is 3.69. The quantitative estimate of drug-likeness (QED) is 0.533. The summed E-state index contributed by atoms with van der Waals surface area (Å²) in [6, 6.07) is 23.2. The Hall–Kier alpha value is -2.91. The molecular formula is C25H21ClN2O. The lowest BCUT2D eigenvalue weighted by molar-refractivity contribution is 0.104. The van der Waals surface area contributed by atoms with Crippen LogP contribution in [0.3, 0.4) is 0 Å². The number of hydrogen-bond donors (Lipinski definition) is 2. The van der Waals surface area contributed by atoms with Gasteiger partial charge in [-0.1, -0.05) is 54.1 Å². The molecule has 0 amide bonds. The van der Waals surface area contributed by atoms with Crippen molar-refractivity contribution < 1.29 is 4.74 Å². The Morgan fingerprint density at radius 2 is 1.72 bits per heavy atom. The van der Waals surface area contributed by atoms with Crippen LogP contribution in [0.4, 0.5) is 11.4 Å². The Balaban J connectivity index is 1.39. The molecule has 2 N–H and O–H groups in total. The Bertz CT molecular complexity index is 1100. The number of nitrogens with one attached hydrogen (secondary N) is 2. The third kappa shape index (κ3) is 2.89. The second-order valence-electron chi connectivity index (χ2n) is 8.18. The van der Waals surface area contributed by atoms with Crippen molar-refractivity contribution in [3.8, 4) is 5.75 Å². The summed E-state index contributed by atoms with van der Waals surface area (Å²) >= 11 is 6.34. The molecule has 0 saturated carbocycles. The molecule has 0 radical (unpaired) electrons. The molecule has 3 heterocycles. The van der Waals surface area contributed by atoms with Gasteiger partial charge in [-0.3, -0.25) is 0 Å². The van der Waals surface area contributed by atoms with Crippen LogP contribution in [0.2, 0.25) is 5.02 Å². The standard InChI is InChI=1S/C25H21ClN2O/c26-19-9-10-24-21(13-19)18(12-20-11-16-5-1-3-7-22(16)27-20)15-25(29-24)14-17-6-2-4-8-23(17)28-25/h1-10,12-13,20,27-28H,11,14-15H2. The zero-order chi connectivity index (χ0) is 19.4. The lowest BCUT2D eigenvalue weighted by atomic mass is 9.89. The van der Waals surface area contributed by atoms with E-state index in [1.807, 2.05) is 18.2 Å². The molecule has 144 valence electrons. The van der Waals surface area contributed by atoms with Gasteiger partial charge in [0.2, 0.25) is 0 Å². The van der Waals surface area contributed by atoms with E-state index in [0.717, 1.165) is 41.3 Å². The van der Waals surface area contributed by atoms with Crippen molar-refractivity contribution in [1.82, 2.24) is 0 Å². The molecular weight excluding hydrogens is 380 g/mol. The van der Waals surface area contributed by atoms with E-state index in [-0.39, 0.29) is 6.04 Å². The average Bonchev–Trinajstić information content (AvgIpc) is 3.28. The summed E-state index contributed by atoms with van der Waals surface area (Å²) in [5.41, 5.74) is 6.99. The lowest BCUT2D eigenvalue weighted by Crippen LogP contribution is -2.45. The molecule has 4 heteroatoms. The monoisotopic (exact) mass is 400 g/mol. The summed E-state index contributed by atoms with van der Waals surface area (Å²) in [4.78, 5) is 0. The fourth-order valence-electron chi connectivity index (χ4n) is 4.87. The van der Waals surface area contributed by atoms with Crippen LogP contribution in [-0.2, 0) is 12.8 Å². The van der Waals surface area contributed by atoms with E-state index in [1.165, 1.54) is 22.4 Å². The van der Waals surface area contributed by atoms with Gasteiger partial charge in [-0.05, 0) is 53.5 Å². The molecule has 3 aliphatic heterocycles. The fourth-order valence-corrected chi connectivity index (χ4v) is 5.04. The summed E-state index contributed by atoms with van der Waals surface area (Å²) in [6.07, 6.45) is 5.01. The van der Waals surface area contributed by atoms with Crippen LogP contribution < -0.4 is 15.4 Å².